The van der Waals surface area contributed by atoms with E-state index in [9.17, 15) is 0 Å². The molecule has 0 heterocycles. The van der Waals surface area contributed by atoms with Gasteiger partial charge < -0.3 is 4.90 Å². The normalized spacial score (nSPS) is 22.8. The number of fused-ring (bicyclic) bond motifs is 3. The minimum absolute atomic E-state index is 0.119. The molecule has 1 spiro atoms. The van der Waals surface area contributed by atoms with Crippen molar-refractivity contribution in [2.24, 2.45) is 23.7 Å². The van der Waals surface area contributed by atoms with Crippen LogP contribution in [0.3, 0.4) is 0 Å². The molecule has 5 aliphatic carbocycles. The summed E-state index contributed by atoms with van der Waals surface area (Å²) >= 11 is 6.70. The zero-order valence-corrected chi connectivity index (χ0v) is 31.8. The van der Waals surface area contributed by atoms with Gasteiger partial charge >= 0.3 is 0 Å². The number of nitrogens with zero attached hydrogens (tertiary/aromatic N) is 1. The molecule has 0 aromatic heterocycles. The molecule has 268 valence electrons. The lowest BCUT2D eigenvalue weighted by Gasteiger charge is -2.61. The van der Waals surface area contributed by atoms with Crippen molar-refractivity contribution in [2.75, 3.05) is 4.90 Å². The van der Waals surface area contributed by atoms with Gasteiger partial charge in [0.25, 0.3) is 0 Å². The second-order valence-corrected chi connectivity index (χ2v) is 17.1. The number of halogens is 1. The molecular formula is C53H44ClN. The summed E-state index contributed by atoms with van der Waals surface area (Å²) in [5, 5.41) is 0.843. The lowest BCUT2D eigenvalue weighted by atomic mass is 9.43. The molecule has 0 N–H and O–H groups in total. The van der Waals surface area contributed by atoms with Crippen molar-refractivity contribution in [1.29, 1.82) is 0 Å². The lowest BCUT2D eigenvalue weighted by Crippen LogP contribution is -2.55. The van der Waals surface area contributed by atoms with E-state index in [1.165, 1.54) is 93.5 Å². The van der Waals surface area contributed by atoms with Crippen LogP contribution in [0.4, 0.5) is 11.4 Å². The summed E-state index contributed by atoms with van der Waals surface area (Å²) in [7, 11) is 0. The quantitative estimate of drug-likeness (QED) is 0.158. The minimum Gasteiger partial charge on any atom is -0.337 e. The standard InChI is InChI=1S/C53H44ClN/c54-45-20-26-51-50(33-45)49-25-19-41(32-52(49)53(51)43-28-35-27-36(30-43)31-44(53)29-35)39-17-23-47(24-18-39)55(46-21-15-38(16-22-46)37-9-3-1-4-10-37)34-42-13-7-8-14-48(42)40-11-5-2-6-12-40/h1-26,32-33,35-36,43-44H,27-31,34H2. The van der Waals surface area contributed by atoms with Crippen LogP contribution >= 0.6 is 11.6 Å². The van der Waals surface area contributed by atoms with Gasteiger partial charge in [-0.05, 0) is 159 Å². The van der Waals surface area contributed by atoms with E-state index in [1.807, 2.05) is 0 Å². The number of benzene rings is 7. The second kappa shape index (κ2) is 13.1. The van der Waals surface area contributed by atoms with Gasteiger partial charge in [-0.3, -0.25) is 0 Å². The Morgan fingerprint density at radius 3 is 1.64 bits per heavy atom. The molecule has 4 bridgehead atoms. The maximum Gasteiger partial charge on any atom is 0.0487 e. The van der Waals surface area contributed by atoms with Gasteiger partial charge in [-0.15, -0.1) is 0 Å². The van der Waals surface area contributed by atoms with Gasteiger partial charge in [0, 0.05) is 28.4 Å². The van der Waals surface area contributed by atoms with Crippen LogP contribution in [-0.2, 0) is 12.0 Å². The van der Waals surface area contributed by atoms with Crippen molar-refractivity contribution in [3.05, 3.63) is 192 Å². The van der Waals surface area contributed by atoms with E-state index in [0.717, 1.165) is 35.2 Å². The average molecular weight is 730 g/mol. The number of anilines is 2. The molecule has 12 rings (SSSR count). The summed E-state index contributed by atoms with van der Waals surface area (Å²) in [5.41, 5.74) is 17.2. The highest BCUT2D eigenvalue weighted by Crippen LogP contribution is 2.69. The van der Waals surface area contributed by atoms with E-state index < -0.39 is 0 Å². The van der Waals surface area contributed by atoms with E-state index >= 15 is 0 Å². The van der Waals surface area contributed by atoms with Gasteiger partial charge in [-0.25, -0.2) is 0 Å². The molecular weight excluding hydrogens is 686 g/mol. The molecule has 0 saturated heterocycles. The Kier molecular flexibility index (Phi) is 7.89. The van der Waals surface area contributed by atoms with Crippen LogP contribution in [0, 0.1) is 23.7 Å². The Bertz CT molecular complexity index is 2490. The smallest absolute Gasteiger partial charge is 0.0487 e. The lowest BCUT2D eigenvalue weighted by molar-refractivity contribution is -0.0399. The van der Waals surface area contributed by atoms with Crippen molar-refractivity contribution < 1.29 is 0 Å². The van der Waals surface area contributed by atoms with Crippen LogP contribution in [-0.4, -0.2) is 0 Å². The number of hydrogen-bond acceptors (Lipinski definition) is 1. The van der Waals surface area contributed by atoms with Crippen molar-refractivity contribution in [1.82, 2.24) is 0 Å². The Morgan fingerprint density at radius 2 is 0.982 bits per heavy atom. The largest absolute Gasteiger partial charge is 0.337 e. The third kappa shape index (κ3) is 5.42. The first-order valence-corrected chi connectivity index (χ1v) is 20.6. The summed E-state index contributed by atoms with van der Waals surface area (Å²) < 4.78 is 0. The topological polar surface area (TPSA) is 3.24 Å². The minimum atomic E-state index is 0.119. The van der Waals surface area contributed by atoms with Crippen molar-refractivity contribution in [3.63, 3.8) is 0 Å². The third-order valence-corrected chi connectivity index (χ3v) is 14.1. The molecule has 1 nitrogen and oxygen atoms in total. The molecule has 4 fully saturated rings. The molecule has 0 unspecified atom stereocenters. The fourth-order valence-corrected chi connectivity index (χ4v) is 11.9. The van der Waals surface area contributed by atoms with Crippen molar-refractivity contribution in [2.45, 2.75) is 44.1 Å². The Hall–Kier alpha value is -5.37. The second-order valence-electron chi connectivity index (χ2n) is 16.7. The highest BCUT2D eigenvalue weighted by molar-refractivity contribution is 6.31. The summed E-state index contributed by atoms with van der Waals surface area (Å²) in [6, 6.07) is 62.8. The predicted octanol–water partition coefficient (Wildman–Crippen LogP) is 14.4. The first kappa shape index (κ1) is 33.0. The Morgan fingerprint density at radius 1 is 0.436 bits per heavy atom. The van der Waals surface area contributed by atoms with Crippen LogP contribution in [0.25, 0.3) is 44.5 Å². The van der Waals surface area contributed by atoms with Gasteiger partial charge in [0.05, 0.1) is 0 Å². The van der Waals surface area contributed by atoms with E-state index in [-0.39, 0.29) is 5.41 Å². The zero-order chi connectivity index (χ0) is 36.5. The maximum atomic E-state index is 6.70. The van der Waals surface area contributed by atoms with Crippen molar-refractivity contribution >= 4 is 23.0 Å². The van der Waals surface area contributed by atoms with E-state index in [4.69, 9.17) is 11.6 Å². The van der Waals surface area contributed by atoms with Crippen LogP contribution < -0.4 is 4.90 Å². The van der Waals surface area contributed by atoms with Gasteiger partial charge in [-0.1, -0.05) is 139 Å². The number of rotatable bonds is 7. The van der Waals surface area contributed by atoms with Crippen LogP contribution in [0.15, 0.2) is 170 Å². The van der Waals surface area contributed by atoms with Gasteiger partial charge in [0.1, 0.15) is 0 Å². The molecule has 5 aliphatic rings. The monoisotopic (exact) mass is 729 g/mol. The molecule has 7 aromatic carbocycles. The molecule has 55 heavy (non-hydrogen) atoms. The van der Waals surface area contributed by atoms with Gasteiger partial charge in [0.15, 0.2) is 0 Å². The summed E-state index contributed by atoms with van der Waals surface area (Å²) in [6.07, 6.45) is 6.97. The molecule has 4 saturated carbocycles. The van der Waals surface area contributed by atoms with E-state index in [1.54, 1.807) is 11.1 Å². The summed E-state index contributed by atoms with van der Waals surface area (Å²) in [6.45, 7) is 0.752. The number of hydrogen-bond donors (Lipinski definition) is 0. The SMILES string of the molecule is Clc1ccc2c(c1)-c1ccc(-c3ccc(N(Cc4ccccc4-c4ccccc4)c4ccc(-c5ccccc5)cc4)cc3)cc1C21C2CC3CC(C2)CC1C3. The molecule has 2 heteroatoms. The molecule has 0 radical (unpaired) electrons. The highest BCUT2D eigenvalue weighted by Gasteiger charge is 2.61. The van der Waals surface area contributed by atoms with Crippen LogP contribution in [0.1, 0.15) is 48.8 Å². The van der Waals surface area contributed by atoms with Crippen LogP contribution in [0.2, 0.25) is 5.02 Å². The van der Waals surface area contributed by atoms with Crippen LogP contribution in [0.5, 0.6) is 0 Å². The zero-order valence-electron chi connectivity index (χ0n) is 31.0. The van der Waals surface area contributed by atoms with Crippen molar-refractivity contribution in [3.8, 4) is 44.5 Å². The van der Waals surface area contributed by atoms with E-state index in [2.05, 4.69) is 175 Å². The fourth-order valence-electron chi connectivity index (χ4n) is 11.7. The third-order valence-electron chi connectivity index (χ3n) is 13.8. The highest BCUT2D eigenvalue weighted by atomic mass is 35.5. The maximum absolute atomic E-state index is 6.70. The molecule has 0 atom stereocenters. The molecule has 0 amide bonds. The Labute approximate surface area is 330 Å². The summed E-state index contributed by atoms with van der Waals surface area (Å²) in [4.78, 5) is 2.47. The first-order chi connectivity index (χ1) is 27.1. The fraction of sp³-hybridized carbons (Fsp3) is 0.208. The van der Waals surface area contributed by atoms with E-state index in [0.29, 0.717) is 0 Å². The van der Waals surface area contributed by atoms with Gasteiger partial charge in [0.2, 0.25) is 0 Å². The molecule has 0 aliphatic heterocycles. The van der Waals surface area contributed by atoms with Gasteiger partial charge in [-0.2, -0.15) is 0 Å². The average Bonchev–Trinajstić information content (AvgIpc) is 3.52. The summed E-state index contributed by atoms with van der Waals surface area (Å²) in [5.74, 6) is 3.29. The first-order valence-electron chi connectivity index (χ1n) is 20.2. The molecule has 7 aromatic rings. The predicted molar refractivity (Wildman–Crippen MR) is 230 cm³/mol. The Balaban J connectivity index is 0.978.